The smallest absolute Gasteiger partial charge is 0.243 e. The van der Waals surface area contributed by atoms with E-state index in [9.17, 15) is 26.4 Å². The summed E-state index contributed by atoms with van der Waals surface area (Å²) >= 11 is 1.25. The van der Waals surface area contributed by atoms with Crippen LogP contribution in [-0.2, 0) is 16.4 Å². The Hall–Kier alpha value is -3.61. The summed E-state index contributed by atoms with van der Waals surface area (Å²) in [6, 6.07) is 8.29. The molecule has 38 heavy (non-hydrogen) atoms. The van der Waals surface area contributed by atoms with Gasteiger partial charge < -0.3 is 0 Å². The number of fused-ring (bicyclic) bond motifs is 2. The first kappa shape index (κ1) is 24.7. The van der Waals surface area contributed by atoms with Crippen molar-refractivity contribution in [1.82, 2.24) is 19.1 Å². The maximum absolute atomic E-state index is 14.0. The molecule has 1 saturated heterocycles. The predicted molar refractivity (Wildman–Crippen MR) is 134 cm³/mol. The average molecular weight is 557 g/mol. The summed E-state index contributed by atoms with van der Waals surface area (Å²) in [5, 5.41) is 6.08. The van der Waals surface area contributed by atoms with Crippen molar-refractivity contribution in [3.05, 3.63) is 99.5 Å². The SMILES string of the molecule is O=C(c1cscn1)C12Cc3cnn(-c4ccc(F)cc4)c3C=C1CCN(S(=O)(=O)c1ccc(F)c(F)c1)C2. The van der Waals surface area contributed by atoms with Gasteiger partial charge in [0.05, 0.1) is 33.4 Å². The van der Waals surface area contributed by atoms with Crippen molar-refractivity contribution in [1.29, 1.82) is 0 Å². The van der Waals surface area contributed by atoms with Crippen molar-refractivity contribution in [2.75, 3.05) is 13.1 Å². The molecule has 3 heterocycles. The molecule has 7 nitrogen and oxygen atoms in total. The van der Waals surface area contributed by atoms with Gasteiger partial charge in [0.15, 0.2) is 17.4 Å². The Kier molecular flexibility index (Phi) is 5.85. The number of hydrogen-bond acceptors (Lipinski definition) is 6. The minimum Gasteiger partial charge on any atom is -0.291 e. The van der Waals surface area contributed by atoms with E-state index < -0.39 is 27.1 Å². The Morgan fingerprint density at radius 2 is 1.84 bits per heavy atom. The molecule has 0 N–H and O–H groups in total. The van der Waals surface area contributed by atoms with Gasteiger partial charge in [0, 0.05) is 18.5 Å². The molecule has 0 radical (unpaired) electrons. The van der Waals surface area contributed by atoms with E-state index in [1.165, 1.54) is 29.0 Å². The van der Waals surface area contributed by atoms with E-state index in [2.05, 4.69) is 10.1 Å². The summed E-state index contributed by atoms with van der Waals surface area (Å²) in [4.78, 5) is 17.8. The number of ketones is 1. The fraction of sp³-hybridized carbons (Fsp3) is 0.192. The van der Waals surface area contributed by atoms with Crippen LogP contribution in [0, 0.1) is 22.9 Å². The summed E-state index contributed by atoms with van der Waals surface area (Å²) in [5.41, 5.74) is 3.31. The van der Waals surface area contributed by atoms with Crippen molar-refractivity contribution < 1.29 is 26.4 Å². The van der Waals surface area contributed by atoms with E-state index in [1.54, 1.807) is 28.4 Å². The lowest BCUT2D eigenvalue weighted by molar-refractivity contribution is 0.0771. The van der Waals surface area contributed by atoms with Crippen molar-refractivity contribution >= 4 is 33.2 Å². The van der Waals surface area contributed by atoms with Gasteiger partial charge in [-0.05, 0) is 66.9 Å². The molecule has 1 atom stereocenters. The summed E-state index contributed by atoms with van der Waals surface area (Å²) < 4.78 is 70.7. The van der Waals surface area contributed by atoms with Gasteiger partial charge in [0.1, 0.15) is 11.5 Å². The Morgan fingerprint density at radius 1 is 1.05 bits per heavy atom. The van der Waals surface area contributed by atoms with Crippen LogP contribution >= 0.6 is 11.3 Å². The van der Waals surface area contributed by atoms with Crippen LogP contribution in [0.2, 0.25) is 0 Å². The van der Waals surface area contributed by atoms with Crippen LogP contribution in [0.3, 0.4) is 0 Å². The van der Waals surface area contributed by atoms with Crippen molar-refractivity contribution in [3.8, 4) is 5.69 Å². The molecule has 1 aliphatic carbocycles. The summed E-state index contributed by atoms with van der Waals surface area (Å²) in [6.45, 7) is -0.156. The Labute approximate surface area is 219 Å². The molecule has 194 valence electrons. The normalized spacial score (nSPS) is 19.5. The summed E-state index contributed by atoms with van der Waals surface area (Å²) in [6.07, 6.45) is 3.86. The molecule has 6 rings (SSSR count). The molecule has 2 aromatic carbocycles. The Bertz CT molecular complexity index is 1700. The first-order chi connectivity index (χ1) is 18.2. The van der Waals surface area contributed by atoms with Crippen LogP contribution in [0.4, 0.5) is 13.2 Å². The second-order valence-electron chi connectivity index (χ2n) is 9.24. The summed E-state index contributed by atoms with van der Waals surface area (Å²) in [5.74, 6) is -3.13. The lowest BCUT2D eigenvalue weighted by atomic mass is 9.65. The fourth-order valence-corrected chi connectivity index (χ4v) is 7.21. The standard InChI is InChI=1S/C26H19F3N4O3S2/c27-18-1-3-19(4-2-18)33-24-9-17-7-8-32(38(35,36)20-5-6-21(28)22(29)10-20)14-26(17,11-16(24)12-31-33)25(34)23-13-37-15-30-23/h1-6,9-10,12-13,15H,7-8,11,14H2. The third-order valence-electron chi connectivity index (χ3n) is 7.08. The van der Waals surface area contributed by atoms with Crippen molar-refractivity contribution in [3.63, 3.8) is 0 Å². The van der Waals surface area contributed by atoms with Crippen LogP contribution in [-0.4, -0.2) is 46.4 Å². The monoisotopic (exact) mass is 556 g/mol. The maximum Gasteiger partial charge on any atom is 0.243 e. The minimum atomic E-state index is -4.24. The van der Waals surface area contributed by atoms with Gasteiger partial charge in [0.25, 0.3) is 0 Å². The number of Topliss-reactive ketones (excluding diaryl/α,β-unsaturated/α-hetero) is 1. The molecule has 0 bridgehead atoms. The van der Waals surface area contributed by atoms with Crippen LogP contribution < -0.4 is 0 Å². The van der Waals surface area contributed by atoms with E-state index in [0.717, 1.165) is 27.7 Å². The molecular weight excluding hydrogens is 537 g/mol. The number of thiazole rings is 1. The predicted octanol–water partition coefficient (Wildman–Crippen LogP) is 4.65. The zero-order chi connectivity index (χ0) is 26.7. The summed E-state index contributed by atoms with van der Waals surface area (Å²) in [7, 11) is -4.24. The Morgan fingerprint density at radius 3 is 2.55 bits per heavy atom. The highest BCUT2D eigenvalue weighted by Gasteiger charge is 2.51. The van der Waals surface area contributed by atoms with Gasteiger partial charge in [-0.1, -0.05) is 5.57 Å². The zero-order valence-electron chi connectivity index (χ0n) is 19.6. The van der Waals surface area contributed by atoms with E-state index in [1.807, 2.05) is 6.08 Å². The number of aromatic nitrogens is 3. The maximum atomic E-state index is 14.0. The number of rotatable bonds is 5. The van der Waals surface area contributed by atoms with E-state index >= 15 is 0 Å². The Balaban J connectivity index is 1.44. The molecule has 1 aliphatic heterocycles. The fourth-order valence-electron chi connectivity index (χ4n) is 5.17. The van der Waals surface area contributed by atoms with Crippen LogP contribution in [0.15, 0.2) is 70.0 Å². The van der Waals surface area contributed by atoms with E-state index in [-0.39, 0.29) is 48.1 Å². The lowest BCUT2D eigenvalue weighted by Crippen LogP contribution is -2.53. The molecule has 0 amide bonds. The molecular formula is C26H19F3N4O3S2. The quantitative estimate of drug-likeness (QED) is 0.334. The van der Waals surface area contributed by atoms with Crippen LogP contribution in [0.1, 0.15) is 28.2 Å². The number of piperidine rings is 1. The molecule has 4 aromatic rings. The van der Waals surface area contributed by atoms with Gasteiger partial charge in [-0.2, -0.15) is 9.40 Å². The average Bonchev–Trinajstić information content (AvgIpc) is 3.59. The lowest BCUT2D eigenvalue weighted by Gasteiger charge is -2.44. The second kappa shape index (κ2) is 9.00. The number of carbonyl (C=O) groups is 1. The van der Waals surface area contributed by atoms with E-state index in [0.29, 0.717) is 17.3 Å². The number of nitrogens with zero attached hydrogens (tertiary/aromatic N) is 4. The first-order valence-corrected chi connectivity index (χ1v) is 14.0. The molecule has 2 aromatic heterocycles. The van der Waals surface area contributed by atoms with Gasteiger partial charge in [-0.25, -0.2) is 31.3 Å². The highest BCUT2D eigenvalue weighted by molar-refractivity contribution is 7.89. The third-order valence-corrected chi connectivity index (χ3v) is 9.51. The number of carbonyl (C=O) groups excluding carboxylic acids is 1. The molecule has 0 spiro atoms. The van der Waals surface area contributed by atoms with Gasteiger partial charge in [-0.15, -0.1) is 11.3 Å². The van der Waals surface area contributed by atoms with Gasteiger partial charge in [0.2, 0.25) is 10.0 Å². The van der Waals surface area contributed by atoms with E-state index in [4.69, 9.17) is 0 Å². The largest absolute Gasteiger partial charge is 0.291 e. The van der Waals surface area contributed by atoms with Crippen LogP contribution in [0.25, 0.3) is 11.8 Å². The molecule has 2 aliphatic rings. The molecule has 1 unspecified atom stereocenters. The topological polar surface area (TPSA) is 85.2 Å². The van der Waals surface area contributed by atoms with Gasteiger partial charge >= 0.3 is 0 Å². The third kappa shape index (κ3) is 3.91. The highest BCUT2D eigenvalue weighted by Crippen LogP contribution is 2.47. The zero-order valence-corrected chi connectivity index (χ0v) is 21.3. The minimum absolute atomic E-state index is 0.0409. The molecule has 12 heteroatoms. The van der Waals surface area contributed by atoms with Crippen LogP contribution in [0.5, 0.6) is 0 Å². The second-order valence-corrected chi connectivity index (χ2v) is 11.9. The van der Waals surface area contributed by atoms with Crippen molar-refractivity contribution in [2.45, 2.75) is 17.7 Å². The molecule has 1 fully saturated rings. The first-order valence-electron chi connectivity index (χ1n) is 11.6. The number of sulfonamides is 1. The number of halogens is 3. The number of benzene rings is 2. The molecule has 0 saturated carbocycles. The van der Waals surface area contributed by atoms with Gasteiger partial charge in [-0.3, -0.25) is 4.79 Å². The number of hydrogen-bond donors (Lipinski definition) is 0. The highest BCUT2D eigenvalue weighted by atomic mass is 32.2. The van der Waals surface area contributed by atoms with Crippen molar-refractivity contribution in [2.24, 2.45) is 5.41 Å².